The van der Waals surface area contributed by atoms with Gasteiger partial charge in [0.15, 0.2) is 0 Å². The summed E-state index contributed by atoms with van der Waals surface area (Å²) in [7, 11) is 1.39. The topological polar surface area (TPSA) is 28.2 Å². The van der Waals surface area contributed by atoms with Crippen molar-refractivity contribution >= 4 is 5.82 Å². The van der Waals surface area contributed by atoms with Crippen molar-refractivity contribution in [3.63, 3.8) is 0 Å². The Morgan fingerprint density at radius 3 is 2.25 bits per heavy atom. The number of nitrogens with one attached hydrogen (secondary N) is 1. The molecule has 0 aromatic carbocycles. The first kappa shape index (κ1) is 16.8. The predicted octanol–water partition coefficient (Wildman–Crippen LogP) is 3.28. The Balaban J connectivity index is 2.77. The highest BCUT2D eigenvalue weighted by atomic mass is 19.4. The van der Waals surface area contributed by atoms with Crippen LogP contribution in [0.1, 0.15) is 32.0 Å². The molecule has 0 unspecified atom stereocenters. The van der Waals surface area contributed by atoms with Crippen LogP contribution in [0.2, 0.25) is 0 Å². The number of rotatable bonds is 4. The maximum Gasteiger partial charge on any atom is 0.405 e. The summed E-state index contributed by atoms with van der Waals surface area (Å²) in [6, 6.07) is 3.45. The molecule has 0 spiro atoms. The summed E-state index contributed by atoms with van der Waals surface area (Å²) in [6.45, 7) is 7.62. The monoisotopic (exact) mass is 289 g/mol. The number of aromatic nitrogens is 1. The van der Waals surface area contributed by atoms with Crippen molar-refractivity contribution < 1.29 is 13.2 Å². The van der Waals surface area contributed by atoms with E-state index in [0.717, 1.165) is 16.2 Å². The first-order chi connectivity index (χ1) is 8.98. The van der Waals surface area contributed by atoms with Crippen molar-refractivity contribution in [1.29, 1.82) is 0 Å². The fourth-order valence-corrected chi connectivity index (χ4v) is 1.69. The Kier molecular flexibility index (Phi) is 5.02. The first-order valence-electron chi connectivity index (χ1n) is 6.47. The Labute approximate surface area is 118 Å². The molecule has 0 aliphatic heterocycles. The highest BCUT2D eigenvalue weighted by Gasteiger charge is 2.29. The minimum absolute atomic E-state index is 0.0157. The fourth-order valence-electron chi connectivity index (χ4n) is 1.69. The van der Waals surface area contributed by atoms with E-state index in [9.17, 15) is 13.2 Å². The molecular formula is C14H22F3N3. The number of hydrogen-bond acceptors (Lipinski definition) is 3. The van der Waals surface area contributed by atoms with Gasteiger partial charge in [-0.1, -0.05) is 6.07 Å². The van der Waals surface area contributed by atoms with E-state index in [-0.39, 0.29) is 5.54 Å². The van der Waals surface area contributed by atoms with E-state index >= 15 is 0 Å². The number of halogens is 3. The molecule has 0 radical (unpaired) electrons. The van der Waals surface area contributed by atoms with Gasteiger partial charge < -0.3 is 10.2 Å². The number of nitrogens with zero attached hydrogens (tertiary/aromatic N) is 2. The SMILES string of the molecule is Cc1nc(N(C)CC(F)(F)F)ccc1CNC(C)(C)C. The van der Waals surface area contributed by atoms with Crippen molar-refractivity contribution in [3.8, 4) is 0 Å². The number of anilines is 1. The average Bonchev–Trinajstić information content (AvgIpc) is 2.23. The second kappa shape index (κ2) is 5.99. The third kappa shape index (κ3) is 5.77. The molecule has 0 aliphatic carbocycles. The Morgan fingerprint density at radius 2 is 1.80 bits per heavy atom. The van der Waals surface area contributed by atoms with Crippen LogP contribution in [0.25, 0.3) is 0 Å². The van der Waals surface area contributed by atoms with E-state index in [1.54, 1.807) is 6.07 Å². The molecule has 0 saturated carbocycles. The smallest absolute Gasteiger partial charge is 0.351 e. The van der Waals surface area contributed by atoms with Crippen molar-refractivity contribution in [1.82, 2.24) is 10.3 Å². The third-order valence-electron chi connectivity index (χ3n) is 2.80. The van der Waals surface area contributed by atoms with Gasteiger partial charge in [-0.25, -0.2) is 4.98 Å². The number of alkyl halides is 3. The summed E-state index contributed by atoms with van der Waals surface area (Å²) in [5, 5.41) is 3.33. The minimum atomic E-state index is -4.23. The molecule has 3 nitrogen and oxygen atoms in total. The van der Waals surface area contributed by atoms with Gasteiger partial charge in [0, 0.05) is 24.8 Å². The van der Waals surface area contributed by atoms with Gasteiger partial charge in [0.25, 0.3) is 0 Å². The van der Waals surface area contributed by atoms with Crippen LogP contribution < -0.4 is 10.2 Å². The predicted molar refractivity (Wildman–Crippen MR) is 74.9 cm³/mol. The molecule has 1 aromatic heterocycles. The molecule has 0 atom stereocenters. The summed E-state index contributed by atoms with van der Waals surface area (Å²) in [5.41, 5.74) is 1.72. The van der Waals surface area contributed by atoms with Gasteiger partial charge in [0.05, 0.1) is 0 Å². The summed E-state index contributed by atoms with van der Waals surface area (Å²) in [4.78, 5) is 5.35. The second-order valence-corrected chi connectivity index (χ2v) is 5.99. The summed E-state index contributed by atoms with van der Waals surface area (Å²) in [6.07, 6.45) is -4.23. The third-order valence-corrected chi connectivity index (χ3v) is 2.80. The fraction of sp³-hybridized carbons (Fsp3) is 0.643. The molecule has 0 fully saturated rings. The first-order valence-corrected chi connectivity index (χ1v) is 6.47. The van der Waals surface area contributed by atoms with Crippen molar-refractivity contribution in [2.45, 2.75) is 46.0 Å². The lowest BCUT2D eigenvalue weighted by Crippen LogP contribution is -2.35. The summed E-state index contributed by atoms with van der Waals surface area (Å²) < 4.78 is 37.0. The molecule has 0 saturated heterocycles. The van der Waals surface area contributed by atoms with E-state index < -0.39 is 12.7 Å². The highest BCUT2D eigenvalue weighted by Crippen LogP contribution is 2.20. The van der Waals surface area contributed by atoms with E-state index in [1.165, 1.54) is 7.05 Å². The lowest BCUT2D eigenvalue weighted by Gasteiger charge is -2.23. The molecular weight excluding hydrogens is 267 g/mol. The lowest BCUT2D eigenvalue weighted by atomic mass is 10.1. The Morgan fingerprint density at radius 1 is 1.20 bits per heavy atom. The van der Waals surface area contributed by atoms with Crippen molar-refractivity contribution in [2.24, 2.45) is 0 Å². The van der Waals surface area contributed by atoms with Gasteiger partial charge in [-0.15, -0.1) is 0 Å². The zero-order valence-electron chi connectivity index (χ0n) is 12.6. The van der Waals surface area contributed by atoms with Crippen LogP contribution in [0.15, 0.2) is 12.1 Å². The van der Waals surface area contributed by atoms with Gasteiger partial charge in [0.2, 0.25) is 0 Å². The van der Waals surface area contributed by atoms with Crippen molar-refractivity contribution in [3.05, 3.63) is 23.4 Å². The van der Waals surface area contributed by atoms with Crippen LogP contribution in [0, 0.1) is 6.92 Å². The van der Waals surface area contributed by atoms with Gasteiger partial charge >= 0.3 is 6.18 Å². The number of pyridine rings is 1. The number of hydrogen-bond donors (Lipinski definition) is 1. The maximum atomic E-state index is 12.3. The molecule has 114 valence electrons. The normalized spacial score (nSPS) is 12.6. The summed E-state index contributed by atoms with van der Waals surface area (Å²) >= 11 is 0. The molecule has 0 amide bonds. The van der Waals surface area contributed by atoms with E-state index in [0.29, 0.717) is 12.4 Å². The molecule has 1 aromatic rings. The number of aryl methyl sites for hydroxylation is 1. The van der Waals surface area contributed by atoms with Gasteiger partial charge in [0.1, 0.15) is 12.4 Å². The van der Waals surface area contributed by atoms with E-state index in [2.05, 4.69) is 31.1 Å². The zero-order chi connectivity index (χ0) is 15.6. The molecule has 20 heavy (non-hydrogen) atoms. The Bertz CT molecular complexity index is 450. The van der Waals surface area contributed by atoms with Crippen LogP contribution in [0.3, 0.4) is 0 Å². The van der Waals surface area contributed by atoms with Crippen LogP contribution in [-0.4, -0.2) is 30.3 Å². The van der Waals surface area contributed by atoms with E-state index in [1.807, 2.05) is 13.0 Å². The minimum Gasteiger partial charge on any atom is -0.351 e. The maximum absolute atomic E-state index is 12.3. The van der Waals surface area contributed by atoms with Crippen LogP contribution in [-0.2, 0) is 6.54 Å². The molecule has 0 aliphatic rings. The average molecular weight is 289 g/mol. The largest absolute Gasteiger partial charge is 0.405 e. The van der Waals surface area contributed by atoms with Gasteiger partial charge in [-0.2, -0.15) is 13.2 Å². The molecule has 1 N–H and O–H groups in total. The van der Waals surface area contributed by atoms with Crippen molar-refractivity contribution in [2.75, 3.05) is 18.5 Å². The van der Waals surface area contributed by atoms with Gasteiger partial charge in [-0.3, -0.25) is 0 Å². The van der Waals surface area contributed by atoms with Crippen LogP contribution in [0.4, 0.5) is 19.0 Å². The van der Waals surface area contributed by atoms with Gasteiger partial charge in [-0.05, 0) is 39.3 Å². The Hall–Kier alpha value is -1.30. The highest BCUT2D eigenvalue weighted by molar-refractivity contribution is 5.41. The molecule has 6 heteroatoms. The zero-order valence-corrected chi connectivity index (χ0v) is 12.6. The summed E-state index contributed by atoms with van der Waals surface area (Å²) in [5.74, 6) is 0.333. The standard InChI is InChI=1S/C14H22F3N3/c1-10-11(8-18-13(2,3)4)6-7-12(19-10)20(5)9-14(15,16)17/h6-7,18H,8-9H2,1-5H3. The lowest BCUT2D eigenvalue weighted by molar-refractivity contribution is -0.119. The van der Waals surface area contributed by atoms with E-state index in [4.69, 9.17) is 0 Å². The molecule has 1 rings (SSSR count). The quantitative estimate of drug-likeness (QED) is 0.922. The second-order valence-electron chi connectivity index (χ2n) is 5.99. The van der Waals surface area contributed by atoms with Crippen LogP contribution in [0.5, 0.6) is 0 Å². The van der Waals surface area contributed by atoms with Crippen LogP contribution >= 0.6 is 0 Å². The molecule has 1 heterocycles. The molecule has 0 bridgehead atoms.